The van der Waals surface area contributed by atoms with Crippen LogP contribution in [0.15, 0.2) is 42.5 Å². The van der Waals surface area contributed by atoms with Crippen molar-refractivity contribution in [2.45, 2.75) is 26.1 Å². The van der Waals surface area contributed by atoms with Crippen molar-refractivity contribution in [3.63, 3.8) is 0 Å². The number of amides is 2. The molecule has 2 aromatic rings. The monoisotopic (exact) mass is 450 g/mol. The van der Waals surface area contributed by atoms with Gasteiger partial charge in [0.2, 0.25) is 11.8 Å². The first-order valence-electron chi connectivity index (χ1n) is 10.1. The molecule has 10 heteroatoms. The highest BCUT2D eigenvalue weighted by Crippen LogP contribution is 2.36. The number of morpholine rings is 1. The van der Waals surface area contributed by atoms with Gasteiger partial charge in [-0.1, -0.05) is 6.07 Å². The molecule has 7 nitrogen and oxygen atoms in total. The highest BCUT2D eigenvalue weighted by Gasteiger charge is 2.32. The van der Waals surface area contributed by atoms with Crippen LogP contribution in [0.5, 0.6) is 0 Å². The number of carbonyl (C=O) groups excluding carboxylic acids is 2. The number of nitrogens with zero attached hydrogens (tertiary/aromatic N) is 1. The summed E-state index contributed by atoms with van der Waals surface area (Å²) in [6, 6.07) is 9.37. The van der Waals surface area contributed by atoms with Crippen molar-refractivity contribution >= 4 is 34.6 Å². The predicted octanol–water partition coefficient (Wildman–Crippen LogP) is 3.94. The topological polar surface area (TPSA) is 82.7 Å². The van der Waals surface area contributed by atoms with Crippen LogP contribution in [-0.4, -0.2) is 44.2 Å². The van der Waals surface area contributed by atoms with Gasteiger partial charge in [0.1, 0.15) is 6.04 Å². The van der Waals surface area contributed by atoms with E-state index in [4.69, 9.17) is 4.74 Å². The van der Waals surface area contributed by atoms with Gasteiger partial charge in [-0.05, 0) is 43.3 Å². The second kappa shape index (κ2) is 9.90. The van der Waals surface area contributed by atoms with Crippen molar-refractivity contribution in [3.8, 4) is 0 Å². The zero-order valence-electron chi connectivity index (χ0n) is 17.8. The lowest BCUT2D eigenvalue weighted by atomic mass is 10.1. The third kappa shape index (κ3) is 6.13. The summed E-state index contributed by atoms with van der Waals surface area (Å²) in [4.78, 5) is 25.9. The Morgan fingerprint density at radius 3 is 2.38 bits per heavy atom. The number of hydrogen-bond donors (Lipinski definition) is 3. The fourth-order valence-electron chi connectivity index (χ4n) is 3.34. The van der Waals surface area contributed by atoms with Crippen molar-refractivity contribution in [1.82, 2.24) is 0 Å². The van der Waals surface area contributed by atoms with Crippen LogP contribution in [-0.2, 0) is 20.5 Å². The molecule has 1 aliphatic rings. The van der Waals surface area contributed by atoms with Gasteiger partial charge in [-0.25, -0.2) is 0 Å². The van der Waals surface area contributed by atoms with Crippen LogP contribution in [0.1, 0.15) is 19.4 Å². The molecule has 2 amide bonds. The lowest BCUT2D eigenvalue weighted by Crippen LogP contribution is -2.37. The second-order valence-electron chi connectivity index (χ2n) is 7.45. The molecule has 1 saturated heterocycles. The number of nitrogens with one attached hydrogen (secondary N) is 3. The summed E-state index contributed by atoms with van der Waals surface area (Å²) in [7, 11) is 0. The van der Waals surface area contributed by atoms with Crippen molar-refractivity contribution in [3.05, 3.63) is 48.0 Å². The molecule has 1 fully saturated rings. The van der Waals surface area contributed by atoms with E-state index in [0.717, 1.165) is 12.1 Å². The standard InChI is InChI=1S/C22H25F3N4O3/c1-14(26-17-4-3-5-18(13-17)27-15(2)30)21(31)28-19-12-16(22(23,24)25)6-7-20(19)29-8-10-32-11-9-29/h3-7,12-14,26H,8-11H2,1-2H3,(H,27,30)(H,28,31)/t14-/m0/s1. The number of hydrogen-bond acceptors (Lipinski definition) is 5. The molecule has 3 N–H and O–H groups in total. The van der Waals surface area contributed by atoms with Gasteiger partial charge < -0.3 is 25.6 Å². The fourth-order valence-corrected chi connectivity index (χ4v) is 3.34. The first-order chi connectivity index (χ1) is 15.1. The smallest absolute Gasteiger partial charge is 0.378 e. The first-order valence-corrected chi connectivity index (χ1v) is 10.1. The average Bonchev–Trinajstić information content (AvgIpc) is 2.73. The van der Waals surface area contributed by atoms with Gasteiger partial charge in [0.05, 0.1) is 30.2 Å². The van der Waals surface area contributed by atoms with Gasteiger partial charge in [-0.15, -0.1) is 0 Å². The van der Waals surface area contributed by atoms with E-state index in [1.54, 1.807) is 31.2 Å². The largest absolute Gasteiger partial charge is 0.416 e. The van der Waals surface area contributed by atoms with E-state index in [1.807, 2.05) is 4.90 Å². The molecule has 0 spiro atoms. The van der Waals surface area contributed by atoms with E-state index in [9.17, 15) is 22.8 Å². The Morgan fingerprint density at radius 1 is 1.03 bits per heavy atom. The Hall–Kier alpha value is -3.27. The Balaban J connectivity index is 1.78. The molecule has 2 aromatic carbocycles. The van der Waals surface area contributed by atoms with E-state index in [0.29, 0.717) is 43.4 Å². The van der Waals surface area contributed by atoms with Crippen molar-refractivity contribution in [2.75, 3.05) is 47.2 Å². The third-order valence-electron chi connectivity index (χ3n) is 4.89. The molecule has 1 aliphatic heterocycles. The number of ether oxygens (including phenoxy) is 1. The summed E-state index contributed by atoms with van der Waals surface area (Å²) in [5.41, 5.74) is 0.897. The highest BCUT2D eigenvalue weighted by atomic mass is 19.4. The molecule has 0 radical (unpaired) electrons. The molecule has 0 aliphatic carbocycles. The van der Waals surface area contributed by atoms with Crippen LogP contribution < -0.4 is 20.9 Å². The number of alkyl halides is 3. The maximum atomic E-state index is 13.3. The number of benzene rings is 2. The molecule has 0 aromatic heterocycles. The molecule has 3 rings (SSSR count). The highest BCUT2D eigenvalue weighted by molar-refractivity contribution is 5.99. The molecule has 1 atom stereocenters. The van der Waals surface area contributed by atoms with Crippen LogP contribution >= 0.6 is 0 Å². The van der Waals surface area contributed by atoms with Gasteiger partial charge in [-0.3, -0.25) is 9.59 Å². The Kier molecular flexibility index (Phi) is 7.24. The van der Waals surface area contributed by atoms with Crippen LogP contribution in [0, 0.1) is 0 Å². The quantitative estimate of drug-likeness (QED) is 0.621. The predicted molar refractivity (Wildman–Crippen MR) is 117 cm³/mol. The molecule has 0 saturated carbocycles. The van der Waals surface area contributed by atoms with E-state index >= 15 is 0 Å². The SMILES string of the molecule is CC(=O)Nc1cccc(N[C@@H](C)C(=O)Nc2cc(C(F)(F)F)ccc2N2CCOCC2)c1. The van der Waals surface area contributed by atoms with Crippen molar-refractivity contribution in [1.29, 1.82) is 0 Å². The molecule has 0 bridgehead atoms. The second-order valence-corrected chi connectivity index (χ2v) is 7.45. The van der Waals surface area contributed by atoms with Crippen LogP contribution in [0.3, 0.4) is 0 Å². The van der Waals surface area contributed by atoms with E-state index < -0.39 is 23.7 Å². The normalized spacial score (nSPS) is 15.1. The number of anilines is 4. The molecular formula is C22H25F3N4O3. The van der Waals surface area contributed by atoms with Crippen molar-refractivity contribution in [2.24, 2.45) is 0 Å². The minimum atomic E-state index is -4.53. The van der Waals surface area contributed by atoms with E-state index in [2.05, 4.69) is 16.0 Å². The summed E-state index contributed by atoms with van der Waals surface area (Å²) >= 11 is 0. The van der Waals surface area contributed by atoms with Crippen LogP contribution in [0.25, 0.3) is 0 Å². The number of rotatable bonds is 6. The Labute approximate surface area is 183 Å². The fraction of sp³-hybridized carbons (Fsp3) is 0.364. The Morgan fingerprint density at radius 2 is 1.72 bits per heavy atom. The van der Waals surface area contributed by atoms with Crippen LogP contribution in [0.2, 0.25) is 0 Å². The molecule has 32 heavy (non-hydrogen) atoms. The zero-order valence-corrected chi connectivity index (χ0v) is 17.8. The summed E-state index contributed by atoms with van der Waals surface area (Å²) in [5.74, 6) is -0.725. The Bertz CT molecular complexity index is 975. The van der Waals surface area contributed by atoms with E-state index in [-0.39, 0.29) is 11.6 Å². The minimum Gasteiger partial charge on any atom is -0.378 e. The summed E-state index contributed by atoms with van der Waals surface area (Å²) < 4.78 is 45.1. The molecule has 0 unspecified atom stereocenters. The maximum Gasteiger partial charge on any atom is 0.416 e. The summed E-state index contributed by atoms with van der Waals surface area (Å²) in [6.45, 7) is 4.92. The lowest BCUT2D eigenvalue weighted by Gasteiger charge is -2.31. The van der Waals surface area contributed by atoms with E-state index in [1.165, 1.54) is 13.0 Å². The average molecular weight is 450 g/mol. The van der Waals surface area contributed by atoms with Crippen molar-refractivity contribution < 1.29 is 27.5 Å². The van der Waals surface area contributed by atoms with Gasteiger partial charge in [0.25, 0.3) is 0 Å². The van der Waals surface area contributed by atoms with Gasteiger partial charge in [-0.2, -0.15) is 13.2 Å². The van der Waals surface area contributed by atoms with Gasteiger partial charge in [0.15, 0.2) is 0 Å². The first kappa shape index (κ1) is 23.4. The molecule has 1 heterocycles. The number of carbonyl (C=O) groups is 2. The third-order valence-corrected chi connectivity index (χ3v) is 4.89. The minimum absolute atomic E-state index is 0.0902. The maximum absolute atomic E-state index is 13.3. The molecule has 172 valence electrons. The summed E-state index contributed by atoms with van der Waals surface area (Å²) in [6.07, 6.45) is -4.53. The lowest BCUT2D eigenvalue weighted by molar-refractivity contribution is -0.137. The molecular weight excluding hydrogens is 425 g/mol. The number of halogens is 3. The van der Waals surface area contributed by atoms with Gasteiger partial charge in [0, 0.05) is 31.4 Å². The zero-order chi connectivity index (χ0) is 23.3. The van der Waals surface area contributed by atoms with Crippen LogP contribution in [0.4, 0.5) is 35.9 Å². The van der Waals surface area contributed by atoms with Gasteiger partial charge >= 0.3 is 6.18 Å². The summed E-state index contributed by atoms with van der Waals surface area (Å²) in [5, 5.41) is 8.28.